The normalized spacial score (nSPS) is 10.6. The summed E-state index contributed by atoms with van der Waals surface area (Å²) >= 11 is 1.22. The van der Waals surface area contributed by atoms with Crippen LogP contribution in [0.5, 0.6) is 5.75 Å². The number of rotatable bonds is 7. The molecule has 1 aromatic heterocycles. The maximum absolute atomic E-state index is 10.6. The number of benzene rings is 1. The van der Waals surface area contributed by atoms with Crippen molar-refractivity contribution in [3.05, 3.63) is 41.7 Å². The van der Waals surface area contributed by atoms with Crippen molar-refractivity contribution in [1.29, 1.82) is 0 Å². The highest BCUT2D eigenvalue weighted by Gasteiger charge is 2.09. The lowest BCUT2D eigenvalue weighted by Gasteiger charge is -2.11. The van der Waals surface area contributed by atoms with E-state index >= 15 is 0 Å². The van der Waals surface area contributed by atoms with E-state index in [9.17, 15) is 4.79 Å². The molecule has 0 aliphatic heterocycles. The van der Waals surface area contributed by atoms with E-state index < -0.39 is 5.97 Å². The molecule has 0 atom stereocenters. The second kappa shape index (κ2) is 7.17. The zero-order valence-electron chi connectivity index (χ0n) is 12.1. The summed E-state index contributed by atoms with van der Waals surface area (Å²) in [6.07, 6.45) is 1.75. The molecule has 0 spiro atoms. The molecule has 6 heteroatoms. The fraction of sp³-hybridized carbons (Fsp3) is 0.333. The van der Waals surface area contributed by atoms with Crippen LogP contribution in [0.2, 0.25) is 0 Å². The van der Waals surface area contributed by atoms with Crippen LogP contribution in [0.4, 0.5) is 0 Å². The van der Waals surface area contributed by atoms with Crippen LogP contribution in [0.15, 0.2) is 35.6 Å². The highest BCUT2D eigenvalue weighted by atomic mass is 32.2. The van der Waals surface area contributed by atoms with Crippen molar-refractivity contribution >= 4 is 17.7 Å². The summed E-state index contributed by atoms with van der Waals surface area (Å²) in [6.45, 7) is 5.13. The third-order valence-corrected chi connectivity index (χ3v) is 3.89. The molecule has 0 aliphatic carbocycles. The average Bonchev–Trinajstić information content (AvgIpc) is 2.78. The van der Waals surface area contributed by atoms with Gasteiger partial charge in [0.2, 0.25) is 0 Å². The summed E-state index contributed by atoms with van der Waals surface area (Å²) in [7, 11) is 0. The monoisotopic (exact) mass is 306 g/mol. The third-order valence-electron chi connectivity index (χ3n) is 2.92. The number of carboxylic acid groups (broad SMARTS) is 1. The number of nitrogens with zero attached hydrogens (tertiary/aromatic N) is 2. The van der Waals surface area contributed by atoms with Crippen LogP contribution in [0, 0.1) is 13.8 Å². The standard InChI is InChI=1S/C15H18N2O3S/c1-11-4-3-5-13(8-11)20-7-6-17-12(2)9-16-15(17)21-10-14(18)19/h3-5,8-9H,6-7,10H2,1-2H3,(H,18,19). The van der Waals surface area contributed by atoms with E-state index in [-0.39, 0.29) is 5.75 Å². The zero-order valence-corrected chi connectivity index (χ0v) is 12.9. The van der Waals surface area contributed by atoms with Crippen LogP contribution < -0.4 is 4.74 Å². The molecule has 1 aromatic carbocycles. The number of aromatic nitrogens is 2. The quantitative estimate of drug-likeness (QED) is 0.797. The largest absolute Gasteiger partial charge is 0.492 e. The predicted molar refractivity (Wildman–Crippen MR) is 82.0 cm³/mol. The first kappa shape index (κ1) is 15.4. The number of imidazole rings is 1. The van der Waals surface area contributed by atoms with Crippen molar-refractivity contribution < 1.29 is 14.6 Å². The molecule has 21 heavy (non-hydrogen) atoms. The van der Waals surface area contributed by atoms with Gasteiger partial charge in [-0.25, -0.2) is 4.98 Å². The minimum atomic E-state index is -0.844. The Morgan fingerprint density at radius 3 is 2.95 bits per heavy atom. The van der Waals surface area contributed by atoms with Crippen molar-refractivity contribution in [2.75, 3.05) is 12.4 Å². The summed E-state index contributed by atoms with van der Waals surface area (Å²) in [5, 5.41) is 9.45. The minimum Gasteiger partial charge on any atom is -0.492 e. The molecule has 0 radical (unpaired) electrons. The van der Waals surface area contributed by atoms with Gasteiger partial charge in [-0.05, 0) is 31.5 Å². The molecule has 0 fully saturated rings. The van der Waals surface area contributed by atoms with Crippen LogP contribution in [0.1, 0.15) is 11.3 Å². The van der Waals surface area contributed by atoms with E-state index in [0.29, 0.717) is 18.3 Å². The molecule has 112 valence electrons. The van der Waals surface area contributed by atoms with E-state index in [4.69, 9.17) is 9.84 Å². The zero-order chi connectivity index (χ0) is 15.2. The Hall–Kier alpha value is -1.95. The Bertz CT molecular complexity index is 625. The van der Waals surface area contributed by atoms with Crippen LogP contribution in [-0.4, -0.2) is 33.0 Å². The Kier molecular flexibility index (Phi) is 5.27. The van der Waals surface area contributed by atoms with E-state index in [1.807, 2.05) is 42.7 Å². The first-order chi connectivity index (χ1) is 10.1. The summed E-state index contributed by atoms with van der Waals surface area (Å²) in [4.78, 5) is 14.9. The number of aryl methyl sites for hydroxylation is 2. The van der Waals surface area contributed by atoms with Crippen LogP contribution >= 0.6 is 11.8 Å². The Morgan fingerprint density at radius 2 is 2.24 bits per heavy atom. The molecule has 2 aromatic rings. The minimum absolute atomic E-state index is 0.00912. The highest BCUT2D eigenvalue weighted by molar-refractivity contribution is 7.99. The van der Waals surface area contributed by atoms with Gasteiger partial charge in [0.05, 0.1) is 12.3 Å². The lowest BCUT2D eigenvalue weighted by molar-refractivity contribution is -0.133. The summed E-state index contributed by atoms with van der Waals surface area (Å²) < 4.78 is 7.70. The maximum atomic E-state index is 10.6. The SMILES string of the molecule is Cc1cccc(OCCn2c(C)cnc2SCC(=O)O)c1. The molecule has 5 nitrogen and oxygen atoms in total. The maximum Gasteiger partial charge on any atom is 0.313 e. The first-order valence-corrected chi connectivity index (χ1v) is 7.61. The second-order valence-electron chi connectivity index (χ2n) is 4.68. The van der Waals surface area contributed by atoms with Gasteiger partial charge < -0.3 is 14.4 Å². The Morgan fingerprint density at radius 1 is 1.43 bits per heavy atom. The second-order valence-corrected chi connectivity index (χ2v) is 5.62. The fourth-order valence-corrected chi connectivity index (χ4v) is 2.68. The lowest BCUT2D eigenvalue weighted by atomic mass is 10.2. The summed E-state index contributed by atoms with van der Waals surface area (Å²) in [5.74, 6) is 0.00516. The number of aliphatic carboxylic acids is 1. The molecule has 0 amide bonds. The van der Waals surface area contributed by atoms with E-state index in [1.165, 1.54) is 11.8 Å². The van der Waals surface area contributed by atoms with Gasteiger partial charge in [0, 0.05) is 11.9 Å². The van der Waals surface area contributed by atoms with Crippen LogP contribution in [-0.2, 0) is 11.3 Å². The van der Waals surface area contributed by atoms with Crippen molar-refractivity contribution in [1.82, 2.24) is 9.55 Å². The van der Waals surface area contributed by atoms with Gasteiger partial charge in [-0.3, -0.25) is 4.79 Å². The summed E-state index contributed by atoms with van der Waals surface area (Å²) in [6, 6.07) is 7.89. The number of hydrogen-bond acceptors (Lipinski definition) is 4. The van der Waals surface area contributed by atoms with Gasteiger partial charge in [0.1, 0.15) is 12.4 Å². The molecule has 0 bridgehead atoms. The average molecular weight is 306 g/mol. The molecular weight excluding hydrogens is 288 g/mol. The van der Waals surface area contributed by atoms with Crippen molar-refractivity contribution in [3.8, 4) is 5.75 Å². The van der Waals surface area contributed by atoms with Gasteiger partial charge in [0.15, 0.2) is 5.16 Å². The van der Waals surface area contributed by atoms with Gasteiger partial charge in [-0.2, -0.15) is 0 Å². The number of ether oxygens (including phenoxy) is 1. The first-order valence-electron chi connectivity index (χ1n) is 6.62. The lowest BCUT2D eigenvalue weighted by Crippen LogP contribution is -2.11. The molecular formula is C15H18N2O3S. The third kappa shape index (κ3) is 4.53. The Labute approximate surface area is 128 Å². The molecule has 0 aliphatic rings. The number of hydrogen-bond donors (Lipinski definition) is 1. The van der Waals surface area contributed by atoms with Crippen LogP contribution in [0.3, 0.4) is 0 Å². The van der Waals surface area contributed by atoms with E-state index in [2.05, 4.69) is 4.98 Å². The van der Waals surface area contributed by atoms with Gasteiger partial charge in [-0.1, -0.05) is 23.9 Å². The molecule has 0 saturated carbocycles. The van der Waals surface area contributed by atoms with Crippen LogP contribution in [0.25, 0.3) is 0 Å². The molecule has 2 rings (SSSR count). The van der Waals surface area contributed by atoms with Gasteiger partial charge in [0.25, 0.3) is 0 Å². The van der Waals surface area contributed by atoms with Crippen molar-refractivity contribution in [2.45, 2.75) is 25.5 Å². The predicted octanol–water partition coefficient (Wildman–Crippen LogP) is 2.76. The van der Waals surface area contributed by atoms with Crippen molar-refractivity contribution in [2.24, 2.45) is 0 Å². The molecule has 1 heterocycles. The van der Waals surface area contributed by atoms with Gasteiger partial charge >= 0.3 is 5.97 Å². The summed E-state index contributed by atoms with van der Waals surface area (Å²) in [5.41, 5.74) is 2.15. The molecule has 0 unspecified atom stereocenters. The molecule has 0 saturated heterocycles. The number of carboxylic acids is 1. The fourth-order valence-electron chi connectivity index (χ4n) is 1.91. The highest BCUT2D eigenvalue weighted by Crippen LogP contribution is 2.18. The van der Waals surface area contributed by atoms with E-state index in [0.717, 1.165) is 17.0 Å². The smallest absolute Gasteiger partial charge is 0.313 e. The van der Waals surface area contributed by atoms with Crippen molar-refractivity contribution in [3.63, 3.8) is 0 Å². The van der Waals surface area contributed by atoms with E-state index in [1.54, 1.807) is 6.20 Å². The topological polar surface area (TPSA) is 64.4 Å². The number of thioether (sulfide) groups is 1. The molecule has 1 N–H and O–H groups in total. The van der Waals surface area contributed by atoms with Gasteiger partial charge in [-0.15, -0.1) is 0 Å². The number of carbonyl (C=O) groups is 1. The Balaban J connectivity index is 1.93.